The van der Waals surface area contributed by atoms with Crippen molar-refractivity contribution in [3.05, 3.63) is 23.9 Å². The van der Waals surface area contributed by atoms with Crippen LogP contribution >= 0.6 is 0 Å². The Bertz CT molecular complexity index is 413. The quantitative estimate of drug-likeness (QED) is 0.821. The molecule has 0 radical (unpaired) electrons. The SMILES string of the molecule is COc1cccc(CNC(C(N)=O)C(C)(C)C)n1. The topological polar surface area (TPSA) is 77.2 Å². The predicted octanol–water partition coefficient (Wildman–Crippen LogP) is 1.08. The monoisotopic (exact) mass is 251 g/mol. The van der Waals surface area contributed by atoms with Gasteiger partial charge in [-0.15, -0.1) is 0 Å². The number of aromatic nitrogens is 1. The molecule has 3 N–H and O–H groups in total. The van der Waals surface area contributed by atoms with Gasteiger partial charge < -0.3 is 10.5 Å². The van der Waals surface area contributed by atoms with Crippen LogP contribution in [0.4, 0.5) is 0 Å². The number of ether oxygens (including phenoxy) is 1. The third kappa shape index (κ3) is 4.00. The molecule has 1 aromatic heterocycles. The van der Waals surface area contributed by atoms with Crippen LogP contribution in [0.5, 0.6) is 5.88 Å². The van der Waals surface area contributed by atoms with E-state index in [4.69, 9.17) is 10.5 Å². The highest BCUT2D eigenvalue weighted by Crippen LogP contribution is 2.19. The average Bonchev–Trinajstić information content (AvgIpc) is 2.27. The van der Waals surface area contributed by atoms with Crippen molar-refractivity contribution in [3.63, 3.8) is 0 Å². The smallest absolute Gasteiger partial charge is 0.235 e. The summed E-state index contributed by atoms with van der Waals surface area (Å²) < 4.78 is 5.05. The zero-order valence-electron chi connectivity index (χ0n) is 11.4. The van der Waals surface area contributed by atoms with Crippen LogP contribution < -0.4 is 15.8 Å². The van der Waals surface area contributed by atoms with Gasteiger partial charge in [-0.2, -0.15) is 0 Å². The highest BCUT2D eigenvalue weighted by Gasteiger charge is 2.28. The summed E-state index contributed by atoms with van der Waals surface area (Å²) in [6.45, 7) is 6.37. The van der Waals surface area contributed by atoms with Gasteiger partial charge in [0.25, 0.3) is 0 Å². The van der Waals surface area contributed by atoms with Gasteiger partial charge in [-0.25, -0.2) is 4.98 Å². The number of methoxy groups -OCH3 is 1. The summed E-state index contributed by atoms with van der Waals surface area (Å²) in [5, 5.41) is 3.13. The number of nitrogens with two attached hydrogens (primary N) is 1. The fraction of sp³-hybridized carbons (Fsp3) is 0.538. The minimum Gasteiger partial charge on any atom is -0.481 e. The van der Waals surface area contributed by atoms with E-state index in [1.165, 1.54) is 0 Å². The predicted molar refractivity (Wildman–Crippen MR) is 70.1 cm³/mol. The Labute approximate surface area is 108 Å². The molecule has 5 nitrogen and oxygen atoms in total. The molecule has 0 aliphatic rings. The molecule has 1 heterocycles. The Morgan fingerprint density at radius 2 is 2.17 bits per heavy atom. The zero-order chi connectivity index (χ0) is 13.8. The van der Waals surface area contributed by atoms with Gasteiger partial charge in [-0.1, -0.05) is 26.8 Å². The van der Waals surface area contributed by atoms with Crippen molar-refractivity contribution in [2.45, 2.75) is 33.4 Å². The largest absolute Gasteiger partial charge is 0.481 e. The van der Waals surface area contributed by atoms with Crippen LogP contribution in [0.2, 0.25) is 0 Å². The van der Waals surface area contributed by atoms with Gasteiger partial charge in [0.15, 0.2) is 0 Å². The lowest BCUT2D eigenvalue weighted by Gasteiger charge is -2.28. The molecule has 0 aromatic carbocycles. The first-order valence-electron chi connectivity index (χ1n) is 5.87. The van der Waals surface area contributed by atoms with Gasteiger partial charge >= 0.3 is 0 Å². The van der Waals surface area contributed by atoms with Crippen LogP contribution in [0.25, 0.3) is 0 Å². The Kier molecular flexibility index (Phi) is 4.67. The molecule has 0 aliphatic heterocycles. The van der Waals surface area contributed by atoms with E-state index in [2.05, 4.69) is 10.3 Å². The Balaban J connectivity index is 2.70. The van der Waals surface area contributed by atoms with Gasteiger partial charge in [0, 0.05) is 12.6 Å². The molecule has 5 heteroatoms. The maximum atomic E-state index is 11.4. The van der Waals surface area contributed by atoms with Crippen LogP contribution in [0.3, 0.4) is 0 Å². The lowest BCUT2D eigenvalue weighted by Crippen LogP contribution is -2.49. The summed E-state index contributed by atoms with van der Waals surface area (Å²) in [5.41, 5.74) is 5.98. The summed E-state index contributed by atoms with van der Waals surface area (Å²) in [7, 11) is 1.57. The van der Waals surface area contributed by atoms with E-state index in [0.29, 0.717) is 12.4 Å². The van der Waals surface area contributed by atoms with E-state index < -0.39 is 6.04 Å². The van der Waals surface area contributed by atoms with Gasteiger partial charge in [0.05, 0.1) is 18.8 Å². The molecular formula is C13H21N3O2. The number of hydrogen-bond acceptors (Lipinski definition) is 4. The van der Waals surface area contributed by atoms with E-state index in [0.717, 1.165) is 5.69 Å². The molecule has 1 rings (SSSR count). The molecule has 1 aromatic rings. The molecule has 0 saturated heterocycles. The lowest BCUT2D eigenvalue weighted by molar-refractivity contribution is -0.122. The zero-order valence-corrected chi connectivity index (χ0v) is 11.4. The number of pyridine rings is 1. The normalized spacial score (nSPS) is 13.1. The summed E-state index contributed by atoms with van der Waals surface area (Å²) in [6, 6.07) is 5.11. The van der Waals surface area contributed by atoms with Crippen molar-refractivity contribution < 1.29 is 9.53 Å². The standard InChI is InChI=1S/C13H21N3O2/c1-13(2,3)11(12(14)17)15-8-9-6-5-7-10(16-9)18-4/h5-7,11,15H,8H2,1-4H3,(H2,14,17). The molecule has 18 heavy (non-hydrogen) atoms. The number of nitrogens with one attached hydrogen (secondary N) is 1. The molecule has 1 atom stereocenters. The van der Waals surface area contributed by atoms with Crippen LogP contribution in [0, 0.1) is 5.41 Å². The number of rotatable bonds is 5. The summed E-state index contributed by atoms with van der Waals surface area (Å²) in [6.07, 6.45) is 0. The average molecular weight is 251 g/mol. The second-order valence-corrected chi connectivity index (χ2v) is 5.25. The summed E-state index contributed by atoms with van der Waals surface area (Å²) in [4.78, 5) is 15.7. The number of carbonyl (C=O) groups excluding carboxylic acids is 1. The number of primary amides is 1. The molecule has 1 unspecified atom stereocenters. The van der Waals surface area contributed by atoms with E-state index >= 15 is 0 Å². The lowest BCUT2D eigenvalue weighted by atomic mass is 9.86. The second kappa shape index (κ2) is 5.82. The second-order valence-electron chi connectivity index (χ2n) is 5.25. The molecule has 0 spiro atoms. The number of carbonyl (C=O) groups is 1. The third-order valence-corrected chi connectivity index (χ3v) is 2.63. The van der Waals surface area contributed by atoms with E-state index in [-0.39, 0.29) is 11.3 Å². The van der Waals surface area contributed by atoms with E-state index in [1.807, 2.05) is 32.9 Å². The molecule has 1 amide bonds. The van der Waals surface area contributed by atoms with E-state index in [9.17, 15) is 4.79 Å². The minimum absolute atomic E-state index is 0.231. The minimum atomic E-state index is -0.398. The van der Waals surface area contributed by atoms with Gasteiger partial charge in [-0.3, -0.25) is 10.1 Å². The van der Waals surface area contributed by atoms with Gasteiger partial charge in [0.2, 0.25) is 11.8 Å². The molecule has 0 bridgehead atoms. The van der Waals surface area contributed by atoms with Crippen LogP contribution in [-0.4, -0.2) is 24.0 Å². The van der Waals surface area contributed by atoms with Crippen molar-refractivity contribution in [1.29, 1.82) is 0 Å². The fourth-order valence-electron chi connectivity index (χ4n) is 1.71. The molecule has 0 saturated carbocycles. The van der Waals surface area contributed by atoms with Crippen molar-refractivity contribution in [2.24, 2.45) is 11.1 Å². The first-order chi connectivity index (χ1) is 8.34. The Morgan fingerprint density at radius 3 is 2.67 bits per heavy atom. The highest BCUT2D eigenvalue weighted by atomic mass is 16.5. The van der Waals surface area contributed by atoms with Gasteiger partial charge in [0.1, 0.15) is 0 Å². The molecular weight excluding hydrogens is 230 g/mol. The molecule has 0 aliphatic carbocycles. The highest BCUT2D eigenvalue weighted by molar-refractivity contribution is 5.80. The Morgan fingerprint density at radius 1 is 1.50 bits per heavy atom. The van der Waals surface area contributed by atoms with Crippen molar-refractivity contribution in [3.8, 4) is 5.88 Å². The molecule has 0 fully saturated rings. The van der Waals surface area contributed by atoms with Gasteiger partial charge in [-0.05, 0) is 11.5 Å². The Hall–Kier alpha value is -1.62. The first kappa shape index (κ1) is 14.4. The van der Waals surface area contributed by atoms with Crippen molar-refractivity contribution in [2.75, 3.05) is 7.11 Å². The number of hydrogen-bond donors (Lipinski definition) is 2. The maximum absolute atomic E-state index is 11.4. The third-order valence-electron chi connectivity index (χ3n) is 2.63. The summed E-state index contributed by atoms with van der Waals surface area (Å²) in [5.74, 6) is 0.200. The summed E-state index contributed by atoms with van der Waals surface area (Å²) >= 11 is 0. The molecule has 100 valence electrons. The number of nitrogens with zero attached hydrogens (tertiary/aromatic N) is 1. The fourth-order valence-corrected chi connectivity index (χ4v) is 1.71. The maximum Gasteiger partial charge on any atom is 0.235 e. The first-order valence-corrected chi connectivity index (χ1v) is 5.87. The van der Waals surface area contributed by atoms with Crippen LogP contribution in [0.15, 0.2) is 18.2 Å². The van der Waals surface area contributed by atoms with Crippen molar-refractivity contribution >= 4 is 5.91 Å². The number of amides is 1. The van der Waals surface area contributed by atoms with Crippen molar-refractivity contribution in [1.82, 2.24) is 10.3 Å². The van der Waals surface area contributed by atoms with E-state index in [1.54, 1.807) is 13.2 Å². The van der Waals surface area contributed by atoms with Crippen LogP contribution in [0.1, 0.15) is 26.5 Å². The van der Waals surface area contributed by atoms with Crippen LogP contribution in [-0.2, 0) is 11.3 Å².